The van der Waals surface area contributed by atoms with E-state index in [0.29, 0.717) is 19.4 Å². The van der Waals surface area contributed by atoms with Gasteiger partial charge in [-0.2, -0.15) is 0 Å². The highest BCUT2D eigenvalue weighted by molar-refractivity contribution is 5.76. The van der Waals surface area contributed by atoms with Gasteiger partial charge in [-0.25, -0.2) is 0 Å². The molecule has 0 bridgehead atoms. The van der Waals surface area contributed by atoms with Crippen molar-refractivity contribution in [1.29, 1.82) is 0 Å². The molecule has 0 radical (unpaired) electrons. The number of nitrogens with one attached hydrogen (secondary N) is 1. The summed E-state index contributed by atoms with van der Waals surface area (Å²) in [5, 5.41) is 23.1. The number of hydrogen-bond donors (Lipinski definition) is 3. The van der Waals surface area contributed by atoms with Crippen molar-refractivity contribution < 1.29 is 24.5 Å². The Kier molecular flexibility index (Phi) is 58.5. The van der Waals surface area contributed by atoms with E-state index in [1.807, 2.05) is 6.08 Å². The normalized spacial score (nSPS) is 12.7. The van der Waals surface area contributed by atoms with Crippen LogP contribution in [0.4, 0.5) is 0 Å². The zero-order valence-corrected chi connectivity index (χ0v) is 47.3. The molecule has 70 heavy (non-hydrogen) atoms. The standard InChI is InChI=1S/C64H123NO5/c1-3-5-7-9-11-13-15-17-18-30-34-38-42-46-50-54-58-64(69)70-59-55-51-47-43-39-35-31-28-26-24-22-20-19-21-23-25-27-29-33-37-41-45-49-53-57-63(68)65-61(60-66)62(67)56-52-48-44-40-36-32-16-14-12-10-8-6-4-2/h18,30,52,56,61-62,66-67H,3-17,19-29,31-51,53-55,57-60H2,1-2H3,(H,65,68)/b30-18-,56-52+. The van der Waals surface area contributed by atoms with Crippen LogP contribution in [0.1, 0.15) is 348 Å². The molecule has 0 aliphatic carbocycles. The summed E-state index contributed by atoms with van der Waals surface area (Å²) >= 11 is 0. The maximum absolute atomic E-state index is 12.4. The molecule has 0 saturated heterocycles. The SMILES string of the molecule is CCCCCCCCC/C=C\CCCCCCCC(=O)OCCCCCCCCCCCCCCCCCCCCCCCCCCC(=O)NC(CO)C(O)/C=C/CCCCCCCCCCCCC. The number of amides is 1. The molecular weight excluding hydrogens is 863 g/mol. The number of unbranched alkanes of at least 4 members (excludes halogenated alkanes) is 46. The van der Waals surface area contributed by atoms with E-state index in [1.165, 1.54) is 276 Å². The largest absolute Gasteiger partial charge is 0.466 e. The molecule has 414 valence electrons. The van der Waals surface area contributed by atoms with Crippen molar-refractivity contribution in [3.63, 3.8) is 0 Å². The zero-order chi connectivity index (χ0) is 50.7. The Morgan fingerprint density at radius 2 is 0.671 bits per heavy atom. The van der Waals surface area contributed by atoms with Gasteiger partial charge in [0.15, 0.2) is 0 Å². The van der Waals surface area contributed by atoms with Crippen LogP contribution in [0.3, 0.4) is 0 Å². The number of rotatable bonds is 59. The molecule has 0 heterocycles. The first kappa shape index (κ1) is 68.3. The molecule has 6 nitrogen and oxygen atoms in total. The van der Waals surface area contributed by atoms with Crippen molar-refractivity contribution in [3.8, 4) is 0 Å². The Morgan fingerprint density at radius 3 is 1.01 bits per heavy atom. The second-order valence-corrected chi connectivity index (χ2v) is 21.7. The van der Waals surface area contributed by atoms with Crippen LogP contribution < -0.4 is 5.32 Å². The summed E-state index contributed by atoms with van der Waals surface area (Å²) in [7, 11) is 0. The van der Waals surface area contributed by atoms with Gasteiger partial charge >= 0.3 is 5.97 Å². The third-order valence-electron chi connectivity index (χ3n) is 14.7. The Morgan fingerprint density at radius 1 is 0.386 bits per heavy atom. The van der Waals surface area contributed by atoms with Crippen molar-refractivity contribution in [3.05, 3.63) is 24.3 Å². The van der Waals surface area contributed by atoms with Crippen LogP contribution in [0.5, 0.6) is 0 Å². The number of carbonyl (C=O) groups is 2. The van der Waals surface area contributed by atoms with Gasteiger partial charge in [-0.15, -0.1) is 0 Å². The molecule has 0 aliphatic heterocycles. The van der Waals surface area contributed by atoms with Crippen LogP contribution in [0.2, 0.25) is 0 Å². The van der Waals surface area contributed by atoms with Gasteiger partial charge in [-0.1, -0.05) is 301 Å². The molecule has 0 fully saturated rings. The smallest absolute Gasteiger partial charge is 0.305 e. The van der Waals surface area contributed by atoms with Gasteiger partial charge in [-0.05, 0) is 57.8 Å². The summed E-state index contributed by atoms with van der Waals surface area (Å²) in [6, 6.07) is -0.626. The number of carbonyl (C=O) groups excluding carboxylic acids is 2. The van der Waals surface area contributed by atoms with E-state index < -0.39 is 12.1 Å². The average molecular weight is 987 g/mol. The molecule has 6 heteroatoms. The first-order valence-corrected chi connectivity index (χ1v) is 31.6. The van der Waals surface area contributed by atoms with E-state index in [1.54, 1.807) is 6.08 Å². The average Bonchev–Trinajstić information content (AvgIpc) is 3.36. The minimum Gasteiger partial charge on any atom is -0.466 e. The Bertz CT molecular complexity index is 1090. The highest BCUT2D eigenvalue weighted by Gasteiger charge is 2.18. The fourth-order valence-corrected chi connectivity index (χ4v) is 9.87. The highest BCUT2D eigenvalue weighted by Crippen LogP contribution is 2.18. The molecule has 0 aromatic carbocycles. The molecule has 0 rings (SSSR count). The monoisotopic (exact) mass is 986 g/mol. The van der Waals surface area contributed by atoms with E-state index in [2.05, 4.69) is 31.3 Å². The van der Waals surface area contributed by atoms with Crippen molar-refractivity contribution in [1.82, 2.24) is 5.32 Å². The lowest BCUT2D eigenvalue weighted by Gasteiger charge is -2.20. The van der Waals surface area contributed by atoms with Crippen LogP contribution in [0, 0.1) is 0 Å². The van der Waals surface area contributed by atoms with Gasteiger partial charge in [0.1, 0.15) is 0 Å². The van der Waals surface area contributed by atoms with Crippen molar-refractivity contribution in [2.24, 2.45) is 0 Å². The number of aliphatic hydroxyl groups is 2. The van der Waals surface area contributed by atoms with Crippen molar-refractivity contribution in [2.45, 2.75) is 360 Å². The van der Waals surface area contributed by atoms with E-state index in [-0.39, 0.29) is 18.5 Å². The van der Waals surface area contributed by atoms with Crippen LogP contribution in [-0.2, 0) is 14.3 Å². The van der Waals surface area contributed by atoms with Crippen LogP contribution in [0.15, 0.2) is 24.3 Å². The Balaban J connectivity index is 3.37. The predicted octanol–water partition coefficient (Wildman–Crippen LogP) is 19.8. The van der Waals surface area contributed by atoms with Crippen LogP contribution in [-0.4, -0.2) is 47.4 Å². The highest BCUT2D eigenvalue weighted by atomic mass is 16.5. The van der Waals surface area contributed by atoms with Gasteiger partial charge in [-0.3, -0.25) is 9.59 Å². The molecular formula is C64H123NO5. The molecule has 3 N–H and O–H groups in total. The summed E-state index contributed by atoms with van der Waals surface area (Å²) in [5.41, 5.74) is 0. The van der Waals surface area contributed by atoms with Crippen molar-refractivity contribution >= 4 is 11.9 Å². The Labute approximate surface area is 437 Å². The predicted molar refractivity (Wildman–Crippen MR) is 306 cm³/mol. The topological polar surface area (TPSA) is 95.9 Å². The molecule has 0 aliphatic rings. The number of aliphatic hydroxyl groups excluding tert-OH is 2. The fraction of sp³-hybridized carbons (Fsp3) is 0.906. The molecule has 0 aromatic heterocycles. The number of ether oxygens (including phenoxy) is 1. The van der Waals surface area contributed by atoms with Crippen LogP contribution >= 0.6 is 0 Å². The van der Waals surface area contributed by atoms with Crippen molar-refractivity contribution in [2.75, 3.05) is 13.2 Å². The lowest BCUT2D eigenvalue weighted by Crippen LogP contribution is -2.45. The molecule has 0 spiro atoms. The van der Waals surface area contributed by atoms with E-state index in [4.69, 9.17) is 4.74 Å². The first-order chi connectivity index (χ1) is 34.5. The van der Waals surface area contributed by atoms with Gasteiger partial charge in [0.25, 0.3) is 0 Å². The second kappa shape index (κ2) is 59.9. The maximum atomic E-state index is 12.4. The molecule has 0 aromatic rings. The minimum absolute atomic E-state index is 0.00789. The summed E-state index contributed by atoms with van der Waals surface area (Å²) < 4.78 is 5.49. The maximum Gasteiger partial charge on any atom is 0.305 e. The lowest BCUT2D eigenvalue weighted by atomic mass is 10.0. The summed E-state index contributed by atoms with van der Waals surface area (Å²) in [4.78, 5) is 24.5. The van der Waals surface area contributed by atoms with Gasteiger partial charge < -0.3 is 20.3 Å². The van der Waals surface area contributed by atoms with Crippen LogP contribution in [0.25, 0.3) is 0 Å². The first-order valence-electron chi connectivity index (χ1n) is 31.6. The fourth-order valence-electron chi connectivity index (χ4n) is 9.87. The summed E-state index contributed by atoms with van der Waals surface area (Å²) in [6.07, 6.45) is 73.7. The van der Waals surface area contributed by atoms with E-state index >= 15 is 0 Å². The molecule has 1 amide bonds. The van der Waals surface area contributed by atoms with Gasteiger partial charge in [0.2, 0.25) is 5.91 Å². The molecule has 2 atom stereocenters. The quantitative estimate of drug-likeness (QED) is 0.0321. The summed E-state index contributed by atoms with van der Waals surface area (Å²) in [5.74, 6) is -0.0581. The number of allylic oxidation sites excluding steroid dienone is 3. The number of hydrogen-bond acceptors (Lipinski definition) is 5. The zero-order valence-electron chi connectivity index (χ0n) is 47.3. The Hall–Kier alpha value is -1.66. The minimum atomic E-state index is -0.842. The molecule has 2 unspecified atom stereocenters. The number of esters is 1. The summed E-state index contributed by atoms with van der Waals surface area (Å²) in [6.45, 7) is 4.91. The third kappa shape index (κ3) is 55.7. The van der Waals surface area contributed by atoms with E-state index in [9.17, 15) is 19.8 Å². The molecule has 0 saturated carbocycles. The second-order valence-electron chi connectivity index (χ2n) is 21.7. The van der Waals surface area contributed by atoms with Gasteiger partial charge in [0.05, 0.1) is 25.4 Å². The van der Waals surface area contributed by atoms with Gasteiger partial charge in [0, 0.05) is 12.8 Å². The van der Waals surface area contributed by atoms with E-state index in [0.717, 1.165) is 44.9 Å². The lowest BCUT2D eigenvalue weighted by molar-refractivity contribution is -0.143. The third-order valence-corrected chi connectivity index (χ3v) is 14.7.